The number of benzene rings is 1. The van der Waals surface area contributed by atoms with Crippen molar-refractivity contribution in [2.24, 2.45) is 0 Å². The standard InChI is InChI=1S/C21H23F3N2O4/c1-28-19-13-15(7-8-18(19)29-11-12-30-21(22,23)24)20(27)26-10-4-5-16(14-26)17-6-2-3-9-25-17/h2-3,6-9,13,16H,4-5,10-12,14H2,1H3. The lowest BCUT2D eigenvalue weighted by Crippen LogP contribution is -2.39. The summed E-state index contributed by atoms with van der Waals surface area (Å²) in [6.07, 6.45) is -1.11. The number of hydrogen-bond acceptors (Lipinski definition) is 5. The molecule has 0 bridgehead atoms. The average Bonchev–Trinajstić information content (AvgIpc) is 2.76. The second-order valence-corrected chi connectivity index (χ2v) is 6.85. The minimum Gasteiger partial charge on any atom is -0.493 e. The van der Waals surface area contributed by atoms with E-state index in [1.165, 1.54) is 19.2 Å². The van der Waals surface area contributed by atoms with Gasteiger partial charge in [-0.15, -0.1) is 13.2 Å². The van der Waals surface area contributed by atoms with Crippen molar-refractivity contribution >= 4 is 5.91 Å². The fourth-order valence-corrected chi connectivity index (χ4v) is 3.43. The smallest absolute Gasteiger partial charge is 0.493 e. The van der Waals surface area contributed by atoms with Gasteiger partial charge >= 0.3 is 6.36 Å². The zero-order chi connectivity index (χ0) is 21.6. The summed E-state index contributed by atoms with van der Waals surface area (Å²) in [5.74, 6) is 0.555. The van der Waals surface area contributed by atoms with Gasteiger partial charge in [0.2, 0.25) is 0 Å². The van der Waals surface area contributed by atoms with Crippen LogP contribution >= 0.6 is 0 Å². The molecule has 3 rings (SSSR count). The molecule has 162 valence electrons. The number of piperidine rings is 1. The van der Waals surface area contributed by atoms with Crippen LogP contribution in [0, 0.1) is 0 Å². The molecule has 2 aromatic rings. The highest BCUT2D eigenvalue weighted by Gasteiger charge is 2.29. The Morgan fingerprint density at radius 3 is 2.73 bits per heavy atom. The lowest BCUT2D eigenvalue weighted by molar-refractivity contribution is -0.325. The first-order valence-corrected chi connectivity index (χ1v) is 9.59. The summed E-state index contributed by atoms with van der Waals surface area (Å²) in [6.45, 7) is 0.278. The number of nitrogens with zero attached hydrogens (tertiary/aromatic N) is 2. The minimum absolute atomic E-state index is 0.138. The lowest BCUT2D eigenvalue weighted by atomic mass is 9.94. The summed E-state index contributed by atoms with van der Waals surface area (Å²) in [6, 6.07) is 10.4. The summed E-state index contributed by atoms with van der Waals surface area (Å²) in [7, 11) is 1.40. The molecule has 1 atom stereocenters. The molecule has 0 N–H and O–H groups in total. The van der Waals surface area contributed by atoms with Crippen LogP contribution in [0.1, 0.15) is 34.8 Å². The van der Waals surface area contributed by atoms with Gasteiger partial charge in [0.05, 0.1) is 13.7 Å². The average molecular weight is 424 g/mol. The number of methoxy groups -OCH3 is 1. The monoisotopic (exact) mass is 424 g/mol. The van der Waals surface area contributed by atoms with E-state index in [1.54, 1.807) is 17.2 Å². The first-order chi connectivity index (χ1) is 14.4. The third-order valence-corrected chi connectivity index (χ3v) is 4.83. The van der Waals surface area contributed by atoms with Crippen molar-refractivity contribution < 1.29 is 32.2 Å². The molecule has 1 aliphatic rings. The van der Waals surface area contributed by atoms with Gasteiger partial charge in [0, 0.05) is 36.5 Å². The van der Waals surface area contributed by atoms with Gasteiger partial charge in [-0.05, 0) is 43.2 Å². The van der Waals surface area contributed by atoms with Crippen molar-refractivity contribution in [3.05, 3.63) is 53.9 Å². The van der Waals surface area contributed by atoms with E-state index in [4.69, 9.17) is 9.47 Å². The van der Waals surface area contributed by atoms with Crippen molar-refractivity contribution in [1.29, 1.82) is 0 Å². The third kappa shape index (κ3) is 5.85. The zero-order valence-corrected chi connectivity index (χ0v) is 16.5. The maximum atomic E-state index is 13.0. The van der Waals surface area contributed by atoms with E-state index >= 15 is 0 Å². The molecule has 0 aliphatic carbocycles. The number of aromatic nitrogens is 1. The van der Waals surface area contributed by atoms with Crippen molar-refractivity contribution in [1.82, 2.24) is 9.88 Å². The van der Waals surface area contributed by atoms with E-state index in [2.05, 4.69) is 9.72 Å². The van der Waals surface area contributed by atoms with Crippen LogP contribution in [0.5, 0.6) is 11.5 Å². The summed E-state index contributed by atoms with van der Waals surface area (Å²) >= 11 is 0. The molecule has 1 aliphatic heterocycles. The number of pyridine rings is 1. The number of hydrogen-bond donors (Lipinski definition) is 0. The number of halogens is 3. The predicted octanol–water partition coefficient (Wildman–Crippen LogP) is 4.03. The van der Waals surface area contributed by atoms with E-state index in [0.717, 1.165) is 18.5 Å². The molecule has 2 heterocycles. The van der Waals surface area contributed by atoms with Gasteiger partial charge in [-0.2, -0.15) is 0 Å². The van der Waals surface area contributed by atoms with Gasteiger partial charge in [-0.25, -0.2) is 0 Å². The van der Waals surface area contributed by atoms with Gasteiger partial charge < -0.3 is 14.4 Å². The van der Waals surface area contributed by atoms with Crippen LogP contribution in [-0.4, -0.2) is 55.6 Å². The van der Waals surface area contributed by atoms with Crippen molar-refractivity contribution in [3.63, 3.8) is 0 Å². The highest BCUT2D eigenvalue weighted by Crippen LogP contribution is 2.31. The molecular weight excluding hydrogens is 401 g/mol. The molecule has 0 saturated carbocycles. The molecule has 1 amide bonds. The normalized spacial score (nSPS) is 16.9. The number of alkyl halides is 3. The summed E-state index contributed by atoms with van der Waals surface area (Å²) < 4.78 is 50.3. The van der Waals surface area contributed by atoms with Crippen LogP contribution in [0.2, 0.25) is 0 Å². The van der Waals surface area contributed by atoms with Crippen LogP contribution in [0.15, 0.2) is 42.6 Å². The number of likely N-dealkylation sites (tertiary alicyclic amines) is 1. The Hall–Kier alpha value is -2.81. The molecule has 1 fully saturated rings. The highest BCUT2D eigenvalue weighted by atomic mass is 19.4. The number of amides is 1. The molecule has 0 radical (unpaired) electrons. The van der Waals surface area contributed by atoms with Crippen molar-refractivity contribution in [2.45, 2.75) is 25.1 Å². The third-order valence-electron chi connectivity index (χ3n) is 4.83. The predicted molar refractivity (Wildman–Crippen MR) is 103 cm³/mol. The number of rotatable bonds is 7. The fourth-order valence-electron chi connectivity index (χ4n) is 3.43. The van der Waals surface area contributed by atoms with Gasteiger partial charge in [-0.1, -0.05) is 6.07 Å². The van der Waals surface area contributed by atoms with Crippen LogP contribution in [0.3, 0.4) is 0 Å². The second-order valence-electron chi connectivity index (χ2n) is 6.85. The van der Waals surface area contributed by atoms with Crippen molar-refractivity contribution in [2.75, 3.05) is 33.4 Å². The molecule has 30 heavy (non-hydrogen) atoms. The van der Waals surface area contributed by atoms with Gasteiger partial charge in [0.25, 0.3) is 5.91 Å². The molecule has 1 aromatic heterocycles. The first kappa shape index (κ1) is 21.9. The van der Waals surface area contributed by atoms with Crippen molar-refractivity contribution in [3.8, 4) is 11.5 Å². The summed E-state index contributed by atoms with van der Waals surface area (Å²) in [4.78, 5) is 19.2. The summed E-state index contributed by atoms with van der Waals surface area (Å²) in [5.41, 5.74) is 1.39. The Bertz CT molecular complexity index is 846. The van der Waals surface area contributed by atoms with E-state index in [-0.39, 0.29) is 29.9 Å². The molecule has 1 unspecified atom stereocenters. The number of ether oxygens (including phenoxy) is 3. The second kappa shape index (κ2) is 9.80. The molecule has 6 nitrogen and oxygen atoms in total. The van der Waals surface area contributed by atoms with Crippen LogP contribution < -0.4 is 9.47 Å². The maximum Gasteiger partial charge on any atom is 0.522 e. The van der Waals surface area contributed by atoms with Crippen LogP contribution in [0.4, 0.5) is 13.2 Å². The fraction of sp³-hybridized carbons (Fsp3) is 0.429. The maximum absolute atomic E-state index is 13.0. The topological polar surface area (TPSA) is 60.9 Å². The van der Waals surface area contributed by atoms with E-state index in [0.29, 0.717) is 18.7 Å². The Morgan fingerprint density at radius 1 is 1.20 bits per heavy atom. The van der Waals surface area contributed by atoms with Gasteiger partial charge in [-0.3, -0.25) is 14.5 Å². The largest absolute Gasteiger partial charge is 0.522 e. The molecule has 1 aromatic carbocycles. The lowest BCUT2D eigenvalue weighted by Gasteiger charge is -2.32. The Morgan fingerprint density at radius 2 is 2.03 bits per heavy atom. The molecular formula is C21H23F3N2O4. The highest BCUT2D eigenvalue weighted by molar-refractivity contribution is 5.95. The quantitative estimate of drug-likeness (QED) is 0.629. The minimum atomic E-state index is -4.70. The number of carbonyl (C=O) groups is 1. The zero-order valence-electron chi connectivity index (χ0n) is 16.5. The summed E-state index contributed by atoms with van der Waals surface area (Å²) in [5, 5.41) is 0. The Balaban J connectivity index is 1.64. The van der Waals surface area contributed by atoms with Gasteiger partial charge in [0.15, 0.2) is 11.5 Å². The Labute approximate surface area is 172 Å². The molecule has 9 heteroatoms. The Kier molecular flexibility index (Phi) is 7.15. The SMILES string of the molecule is COc1cc(C(=O)N2CCCC(c3ccccn3)C2)ccc1OCCOC(F)(F)F. The van der Waals surface area contributed by atoms with Crippen LogP contribution in [0.25, 0.3) is 0 Å². The van der Waals surface area contributed by atoms with E-state index in [1.807, 2.05) is 18.2 Å². The van der Waals surface area contributed by atoms with Gasteiger partial charge in [0.1, 0.15) is 6.61 Å². The van der Waals surface area contributed by atoms with Crippen LogP contribution in [-0.2, 0) is 4.74 Å². The number of carbonyl (C=O) groups excluding carboxylic acids is 1. The van der Waals surface area contributed by atoms with E-state index in [9.17, 15) is 18.0 Å². The first-order valence-electron chi connectivity index (χ1n) is 9.59. The molecule has 0 spiro atoms. The van der Waals surface area contributed by atoms with E-state index < -0.39 is 13.0 Å². The molecule has 1 saturated heterocycles.